The summed E-state index contributed by atoms with van der Waals surface area (Å²) in [5.41, 5.74) is 2.33. The van der Waals surface area contributed by atoms with Crippen LogP contribution in [0.1, 0.15) is 21.5 Å². The molecule has 0 aromatic heterocycles. The first kappa shape index (κ1) is 15.1. The highest BCUT2D eigenvalue weighted by Crippen LogP contribution is 2.14. The Hall–Kier alpha value is -2.33. The quantitative estimate of drug-likeness (QED) is 0.681. The third kappa shape index (κ3) is 4.33. The van der Waals surface area contributed by atoms with Crippen LogP contribution in [-0.4, -0.2) is 19.2 Å². The lowest BCUT2D eigenvalue weighted by Gasteiger charge is -2.07. The standard InChI is InChI=1S/C16H15ClN2O2/c1-21-19-10-12-6-8-13(9-7-12)16(20)18-11-14-4-2-3-5-15(14)17/h2-10H,11H2,1H3,(H,18,20)/b19-10+. The molecule has 0 fully saturated rings. The van der Waals surface area contributed by atoms with Gasteiger partial charge in [-0.3, -0.25) is 4.79 Å². The highest BCUT2D eigenvalue weighted by Gasteiger charge is 2.06. The summed E-state index contributed by atoms with van der Waals surface area (Å²) in [6.45, 7) is 0.394. The van der Waals surface area contributed by atoms with E-state index in [0.29, 0.717) is 17.1 Å². The fraction of sp³-hybridized carbons (Fsp3) is 0.125. The van der Waals surface area contributed by atoms with E-state index in [9.17, 15) is 4.79 Å². The number of nitrogens with one attached hydrogen (secondary N) is 1. The van der Waals surface area contributed by atoms with Gasteiger partial charge in [-0.25, -0.2) is 0 Å². The molecule has 1 amide bonds. The van der Waals surface area contributed by atoms with Crippen molar-refractivity contribution in [3.8, 4) is 0 Å². The molecule has 21 heavy (non-hydrogen) atoms. The minimum Gasteiger partial charge on any atom is -0.399 e. The van der Waals surface area contributed by atoms with Crippen LogP contribution in [0, 0.1) is 0 Å². The van der Waals surface area contributed by atoms with Crippen LogP contribution in [0.4, 0.5) is 0 Å². The molecule has 1 N–H and O–H groups in total. The van der Waals surface area contributed by atoms with Crippen LogP contribution in [-0.2, 0) is 11.4 Å². The number of halogens is 1. The number of carbonyl (C=O) groups is 1. The van der Waals surface area contributed by atoms with Gasteiger partial charge in [0.05, 0.1) is 6.21 Å². The van der Waals surface area contributed by atoms with Crippen molar-refractivity contribution in [2.45, 2.75) is 6.54 Å². The van der Waals surface area contributed by atoms with Crippen molar-refractivity contribution in [2.75, 3.05) is 7.11 Å². The van der Waals surface area contributed by atoms with Gasteiger partial charge in [0.15, 0.2) is 0 Å². The molecule has 0 aliphatic rings. The molecule has 5 heteroatoms. The van der Waals surface area contributed by atoms with E-state index < -0.39 is 0 Å². The number of carbonyl (C=O) groups excluding carboxylic acids is 1. The molecule has 0 saturated carbocycles. The van der Waals surface area contributed by atoms with E-state index in [4.69, 9.17) is 11.6 Å². The molecule has 0 atom stereocenters. The van der Waals surface area contributed by atoms with Crippen LogP contribution in [0.2, 0.25) is 5.02 Å². The van der Waals surface area contributed by atoms with Gasteiger partial charge in [0.2, 0.25) is 0 Å². The molecule has 4 nitrogen and oxygen atoms in total. The molecular formula is C16H15ClN2O2. The fourth-order valence-electron chi connectivity index (χ4n) is 1.75. The van der Waals surface area contributed by atoms with Crippen molar-refractivity contribution in [3.05, 3.63) is 70.2 Å². The third-order valence-electron chi connectivity index (χ3n) is 2.88. The molecule has 0 unspecified atom stereocenters. The minimum atomic E-state index is -0.148. The predicted octanol–water partition coefficient (Wildman–Crippen LogP) is 3.25. The highest BCUT2D eigenvalue weighted by molar-refractivity contribution is 6.31. The van der Waals surface area contributed by atoms with E-state index in [1.807, 2.05) is 18.2 Å². The Morgan fingerprint density at radius 3 is 2.62 bits per heavy atom. The summed E-state index contributed by atoms with van der Waals surface area (Å²) >= 11 is 6.05. The first-order valence-corrected chi connectivity index (χ1v) is 6.76. The van der Waals surface area contributed by atoms with E-state index in [-0.39, 0.29) is 5.91 Å². The monoisotopic (exact) mass is 302 g/mol. The van der Waals surface area contributed by atoms with Gasteiger partial charge in [0.1, 0.15) is 7.11 Å². The Kier molecular flexibility index (Phi) is 5.35. The summed E-state index contributed by atoms with van der Waals surface area (Å²) in [6.07, 6.45) is 1.57. The lowest BCUT2D eigenvalue weighted by Crippen LogP contribution is -2.22. The first-order valence-electron chi connectivity index (χ1n) is 6.39. The molecule has 0 aliphatic carbocycles. The maximum atomic E-state index is 12.0. The normalized spacial score (nSPS) is 10.6. The number of hydrogen-bond donors (Lipinski definition) is 1. The maximum Gasteiger partial charge on any atom is 0.251 e. The molecule has 0 bridgehead atoms. The zero-order valence-electron chi connectivity index (χ0n) is 11.5. The summed E-state index contributed by atoms with van der Waals surface area (Å²) in [5.74, 6) is -0.148. The third-order valence-corrected chi connectivity index (χ3v) is 3.25. The van der Waals surface area contributed by atoms with Crippen molar-refractivity contribution in [1.82, 2.24) is 5.32 Å². The fourth-order valence-corrected chi connectivity index (χ4v) is 1.96. The minimum absolute atomic E-state index is 0.148. The number of oxime groups is 1. The highest BCUT2D eigenvalue weighted by atomic mass is 35.5. The number of amides is 1. The van der Waals surface area contributed by atoms with Crippen molar-refractivity contribution in [1.29, 1.82) is 0 Å². The van der Waals surface area contributed by atoms with Crippen LogP contribution < -0.4 is 5.32 Å². The molecule has 0 heterocycles. The summed E-state index contributed by atoms with van der Waals surface area (Å²) in [4.78, 5) is 16.6. The van der Waals surface area contributed by atoms with Gasteiger partial charge < -0.3 is 10.2 Å². The van der Waals surface area contributed by atoms with Crippen molar-refractivity contribution in [3.63, 3.8) is 0 Å². The second kappa shape index (κ2) is 7.45. The number of benzene rings is 2. The van der Waals surface area contributed by atoms with Gasteiger partial charge in [-0.05, 0) is 29.3 Å². The summed E-state index contributed by atoms with van der Waals surface area (Å²) in [6, 6.07) is 14.5. The maximum absolute atomic E-state index is 12.0. The van der Waals surface area contributed by atoms with Crippen molar-refractivity contribution >= 4 is 23.7 Å². The Labute approximate surface area is 128 Å². The van der Waals surface area contributed by atoms with Gasteiger partial charge in [-0.2, -0.15) is 0 Å². The van der Waals surface area contributed by atoms with Crippen LogP contribution in [0.3, 0.4) is 0 Å². The van der Waals surface area contributed by atoms with Crippen LogP contribution in [0.5, 0.6) is 0 Å². The SMILES string of the molecule is CO/N=C/c1ccc(C(=O)NCc2ccccc2Cl)cc1. The molecule has 0 aliphatic heterocycles. The van der Waals surface area contributed by atoms with E-state index in [1.54, 1.807) is 36.5 Å². The molecule has 0 radical (unpaired) electrons. The second-order valence-corrected chi connectivity index (χ2v) is 4.72. The van der Waals surface area contributed by atoms with E-state index in [0.717, 1.165) is 11.1 Å². The predicted molar refractivity (Wildman–Crippen MR) is 83.7 cm³/mol. The van der Waals surface area contributed by atoms with Crippen LogP contribution >= 0.6 is 11.6 Å². The smallest absolute Gasteiger partial charge is 0.251 e. The topological polar surface area (TPSA) is 50.7 Å². The zero-order chi connectivity index (χ0) is 15.1. The first-order chi connectivity index (χ1) is 10.2. The van der Waals surface area contributed by atoms with Crippen LogP contribution in [0.25, 0.3) is 0 Å². The Morgan fingerprint density at radius 2 is 1.95 bits per heavy atom. The molecule has 2 rings (SSSR count). The zero-order valence-corrected chi connectivity index (χ0v) is 12.3. The average molecular weight is 303 g/mol. The Bertz CT molecular complexity index is 639. The molecular weight excluding hydrogens is 288 g/mol. The van der Waals surface area contributed by atoms with Gasteiger partial charge >= 0.3 is 0 Å². The largest absolute Gasteiger partial charge is 0.399 e. The van der Waals surface area contributed by atoms with Gasteiger partial charge in [0, 0.05) is 17.1 Å². The van der Waals surface area contributed by atoms with Gasteiger partial charge in [-0.1, -0.05) is 47.1 Å². The van der Waals surface area contributed by atoms with E-state index >= 15 is 0 Å². The van der Waals surface area contributed by atoms with Crippen molar-refractivity contribution in [2.24, 2.45) is 5.16 Å². The van der Waals surface area contributed by atoms with Crippen LogP contribution in [0.15, 0.2) is 53.7 Å². The Balaban J connectivity index is 1.97. The summed E-state index contributed by atoms with van der Waals surface area (Å²) < 4.78 is 0. The Morgan fingerprint density at radius 1 is 1.24 bits per heavy atom. The molecule has 2 aromatic rings. The summed E-state index contributed by atoms with van der Waals surface area (Å²) in [5, 5.41) is 7.14. The summed E-state index contributed by atoms with van der Waals surface area (Å²) in [7, 11) is 1.48. The number of rotatable bonds is 5. The van der Waals surface area contributed by atoms with Gasteiger partial charge in [0.25, 0.3) is 5.91 Å². The number of nitrogens with zero attached hydrogens (tertiary/aromatic N) is 1. The van der Waals surface area contributed by atoms with E-state index in [2.05, 4.69) is 15.3 Å². The molecule has 2 aromatic carbocycles. The molecule has 108 valence electrons. The molecule has 0 spiro atoms. The lowest BCUT2D eigenvalue weighted by atomic mass is 10.1. The number of hydrogen-bond acceptors (Lipinski definition) is 3. The van der Waals surface area contributed by atoms with Gasteiger partial charge in [-0.15, -0.1) is 0 Å². The molecule has 0 saturated heterocycles. The second-order valence-electron chi connectivity index (χ2n) is 4.31. The van der Waals surface area contributed by atoms with E-state index in [1.165, 1.54) is 7.11 Å². The lowest BCUT2D eigenvalue weighted by molar-refractivity contribution is 0.0951. The average Bonchev–Trinajstić information content (AvgIpc) is 2.52. The van der Waals surface area contributed by atoms with Crippen molar-refractivity contribution < 1.29 is 9.63 Å².